The molecule has 0 aliphatic carbocycles. The second-order valence-corrected chi connectivity index (χ2v) is 6.18. The lowest BCUT2D eigenvalue weighted by Crippen LogP contribution is -2.15. The standard InChI is InChI=1S/C13H6ClF5O4S/c1-22-6-3-2-5(14)4-7(6)24(20,21)23-13-11(18)9(16)8(15)10(17)12(13)19/h2-4H,1H3. The fourth-order valence-corrected chi connectivity index (χ4v) is 3.02. The van der Waals surface area contributed by atoms with Gasteiger partial charge in [0.25, 0.3) is 0 Å². The van der Waals surface area contributed by atoms with Gasteiger partial charge in [-0.3, -0.25) is 0 Å². The summed E-state index contributed by atoms with van der Waals surface area (Å²) in [5.41, 5.74) is 0. The molecule has 11 heteroatoms. The van der Waals surface area contributed by atoms with Crippen molar-refractivity contribution in [3.05, 3.63) is 52.3 Å². The molecule has 2 aromatic rings. The first-order valence-corrected chi connectivity index (χ1v) is 7.68. The predicted octanol–water partition coefficient (Wildman–Crippen LogP) is 3.81. The Morgan fingerprint density at radius 2 is 1.42 bits per heavy atom. The Balaban J connectivity index is 2.62. The van der Waals surface area contributed by atoms with Crippen molar-refractivity contribution in [2.75, 3.05) is 7.11 Å². The Kier molecular flexibility index (Phi) is 4.90. The Morgan fingerprint density at radius 3 is 1.92 bits per heavy atom. The predicted molar refractivity (Wildman–Crippen MR) is 72.0 cm³/mol. The normalized spacial score (nSPS) is 11.5. The van der Waals surface area contributed by atoms with Crippen LogP contribution in [0.4, 0.5) is 22.0 Å². The van der Waals surface area contributed by atoms with E-state index in [0.717, 1.165) is 19.2 Å². The van der Waals surface area contributed by atoms with Crippen LogP contribution in [0.15, 0.2) is 23.1 Å². The van der Waals surface area contributed by atoms with E-state index in [-0.39, 0.29) is 10.8 Å². The third-order valence-electron chi connectivity index (χ3n) is 2.76. The third-order valence-corrected chi connectivity index (χ3v) is 4.24. The number of hydrogen-bond donors (Lipinski definition) is 0. The van der Waals surface area contributed by atoms with Crippen LogP contribution in [0.3, 0.4) is 0 Å². The molecule has 2 rings (SSSR count). The van der Waals surface area contributed by atoms with Gasteiger partial charge in [-0.05, 0) is 18.2 Å². The molecule has 0 spiro atoms. The Hall–Kier alpha value is -2.07. The van der Waals surface area contributed by atoms with Gasteiger partial charge >= 0.3 is 10.1 Å². The smallest absolute Gasteiger partial charge is 0.343 e. The Morgan fingerprint density at radius 1 is 0.917 bits per heavy atom. The average molecular weight is 389 g/mol. The van der Waals surface area contributed by atoms with Gasteiger partial charge in [-0.1, -0.05) is 11.6 Å². The van der Waals surface area contributed by atoms with Crippen LogP contribution in [0, 0.1) is 29.1 Å². The lowest BCUT2D eigenvalue weighted by atomic mass is 10.3. The molecule has 130 valence electrons. The van der Waals surface area contributed by atoms with Crippen LogP contribution in [0.25, 0.3) is 0 Å². The largest absolute Gasteiger partial charge is 0.495 e. The summed E-state index contributed by atoms with van der Waals surface area (Å²) in [5.74, 6) is -14.3. The van der Waals surface area contributed by atoms with E-state index < -0.39 is 49.8 Å². The topological polar surface area (TPSA) is 52.6 Å². The summed E-state index contributed by atoms with van der Waals surface area (Å²) in [4.78, 5) is -0.763. The van der Waals surface area contributed by atoms with Crippen molar-refractivity contribution in [1.29, 1.82) is 0 Å². The van der Waals surface area contributed by atoms with Gasteiger partial charge in [0, 0.05) is 5.02 Å². The van der Waals surface area contributed by atoms with Gasteiger partial charge < -0.3 is 8.92 Å². The molecular formula is C13H6ClF5O4S. The van der Waals surface area contributed by atoms with Gasteiger partial charge in [0.05, 0.1) is 7.11 Å². The molecule has 0 heterocycles. The summed E-state index contributed by atoms with van der Waals surface area (Å²) in [6.07, 6.45) is 0. The van der Waals surface area contributed by atoms with Gasteiger partial charge in [0.1, 0.15) is 10.6 Å². The molecule has 0 aliphatic heterocycles. The van der Waals surface area contributed by atoms with E-state index in [1.165, 1.54) is 6.07 Å². The molecule has 0 aromatic heterocycles. The SMILES string of the molecule is COc1ccc(Cl)cc1S(=O)(=O)Oc1c(F)c(F)c(F)c(F)c1F. The highest BCUT2D eigenvalue weighted by Gasteiger charge is 2.32. The van der Waals surface area contributed by atoms with Crippen molar-refractivity contribution in [3.8, 4) is 11.5 Å². The van der Waals surface area contributed by atoms with Crippen molar-refractivity contribution in [2.24, 2.45) is 0 Å². The highest BCUT2D eigenvalue weighted by molar-refractivity contribution is 7.87. The molecule has 0 fully saturated rings. The molecule has 4 nitrogen and oxygen atoms in total. The molecule has 0 aliphatic rings. The summed E-state index contributed by atoms with van der Waals surface area (Å²) >= 11 is 5.62. The first kappa shape index (κ1) is 18.3. The minimum Gasteiger partial charge on any atom is -0.495 e. The zero-order valence-corrected chi connectivity index (χ0v) is 13.1. The summed E-state index contributed by atoms with van der Waals surface area (Å²) in [6, 6.07) is 3.18. The molecule has 2 aromatic carbocycles. The van der Waals surface area contributed by atoms with Crippen molar-refractivity contribution in [3.63, 3.8) is 0 Å². The number of halogens is 6. The van der Waals surface area contributed by atoms with Gasteiger partial charge in [0.15, 0.2) is 0 Å². The zero-order valence-electron chi connectivity index (χ0n) is 11.5. The maximum Gasteiger partial charge on any atom is 0.343 e. The molecule has 0 amide bonds. The quantitative estimate of drug-likeness (QED) is 0.346. The van der Waals surface area contributed by atoms with E-state index in [1.807, 2.05) is 0 Å². The maximum absolute atomic E-state index is 13.5. The fourth-order valence-electron chi connectivity index (χ4n) is 1.66. The number of rotatable bonds is 4. The number of ether oxygens (including phenoxy) is 1. The third kappa shape index (κ3) is 3.11. The minimum atomic E-state index is -5.02. The molecule has 0 radical (unpaired) electrons. The average Bonchev–Trinajstić information content (AvgIpc) is 2.55. The molecule has 0 unspecified atom stereocenters. The second-order valence-electron chi connectivity index (χ2n) is 4.23. The van der Waals surface area contributed by atoms with Gasteiger partial charge in [-0.15, -0.1) is 0 Å². The summed E-state index contributed by atoms with van der Waals surface area (Å²) < 4.78 is 99.3. The Labute approximate surface area is 137 Å². The Bertz CT molecular complexity index is 888. The number of hydrogen-bond acceptors (Lipinski definition) is 4. The molecule has 0 N–H and O–H groups in total. The zero-order chi connectivity index (χ0) is 18.2. The fraction of sp³-hybridized carbons (Fsp3) is 0.0769. The van der Waals surface area contributed by atoms with Gasteiger partial charge in [0.2, 0.25) is 34.8 Å². The van der Waals surface area contributed by atoms with Crippen LogP contribution in [-0.2, 0) is 10.1 Å². The highest BCUT2D eigenvalue weighted by atomic mass is 35.5. The molecule has 0 saturated carbocycles. The van der Waals surface area contributed by atoms with E-state index in [4.69, 9.17) is 16.3 Å². The lowest BCUT2D eigenvalue weighted by molar-refractivity contribution is 0.345. The monoisotopic (exact) mass is 388 g/mol. The van der Waals surface area contributed by atoms with Crippen LogP contribution >= 0.6 is 11.6 Å². The van der Waals surface area contributed by atoms with E-state index in [2.05, 4.69) is 4.18 Å². The van der Waals surface area contributed by atoms with Crippen molar-refractivity contribution in [1.82, 2.24) is 0 Å². The van der Waals surface area contributed by atoms with Crippen molar-refractivity contribution in [2.45, 2.75) is 4.90 Å². The van der Waals surface area contributed by atoms with E-state index in [9.17, 15) is 30.4 Å². The van der Waals surface area contributed by atoms with Crippen LogP contribution < -0.4 is 8.92 Å². The minimum absolute atomic E-state index is 0.101. The second kappa shape index (κ2) is 6.44. The van der Waals surface area contributed by atoms with E-state index >= 15 is 0 Å². The first-order valence-electron chi connectivity index (χ1n) is 5.89. The van der Waals surface area contributed by atoms with Crippen molar-refractivity contribution < 1.29 is 39.3 Å². The van der Waals surface area contributed by atoms with Crippen molar-refractivity contribution >= 4 is 21.7 Å². The summed E-state index contributed by atoms with van der Waals surface area (Å²) in [6.45, 7) is 0. The van der Waals surface area contributed by atoms with Crippen LogP contribution in [0.5, 0.6) is 11.5 Å². The van der Waals surface area contributed by atoms with Crippen LogP contribution in [0.1, 0.15) is 0 Å². The van der Waals surface area contributed by atoms with Crippen LogP contribution in [0.2, 0.25) is 5.02 Å². The van der Waals surface area contributed by atoms with E-state index in [1.54, 1.807) is 0 Å². The molecule has 0 saturated heterocycles. The van der Waals surface area contributed by atoms with Gasteiger partial charge in [-0.2, -0.15) is 17.2 Å². The first-order chi connectivity index (χ1) is 11.1. The van der Waals surface area contributed by atoms with Gasteiger partial charge in [-0.25, -0.2) is 13.2 Å². The molecule has 24 heavy (non-hydrogen) atoms. The lowest BCUT2D eigenvalue weighted by Gasteiger charge is -2.12. The van der Waals surface area contributed by atoms with E-state index in [0.29, 0.717) is 0 Å². The summed E-state index contributed by atoms with van der Waals surface area (Å²) in [5, 5.41) is -0.101. The highest BCUT2D eigenvalue weighted by Crippen LogP contribution is 2.34. The van der Waals surface area contributed by atoms with Crippen LogP contribution in [-0.4, -0.2) is 15.5 Å². The molecule has 0 atom stereocenters. The molecular weight excluding hydrogens is 383 g/mol. The number of methoxy groups -OCH3 is 1. The maximum atomic E-state index is 13.5. The molecule has 0 bridgehead atoms. The number of benzene rings is 2. The summed E-state index contributed by atoms with van der Waals surface area (Å²) in [7, 11) is -3.93.